The number of amides is 1. The van der Waals surface area contributed by atoms with Crippen molar-refractivity contribution in [3.05, 3.63) is 37.6 Å². The van der Waals surface area contributed by atoms with E-state index in [-0.39, 0.29) is 11.9 Å². The minimum absolute atomic E-state index is 0.134. The molecule has 0 saturated carbocycles. The summed E-state index contributed by atoms with van der Waals surface area (Å²) in [4.78, 5) is 10.8. The molecular weight excluding hydrogens is 164 g/mol. The summed E-state index contributed by atoms with van der Waals surface area (Å²) >= 11 is 0. The van der Waals surface area contributed by atoms with Gasteiger partial charge in [-0.1, -0.05) is 19.7 Å². The maximum absolute atomic E-state index is 10.8. The van der Waals surface area contributed by atoms with E-state index in [1.807, 2.05) is 6.92 Å². The largest absolute Gasteiger partial charge is 0.381 e. The molecule has 0 aromatic rings. The van der Waals surface area contributed by atoms with Crippen molar-refractivity contribution in [1.29, 1.82) is 0 Å². The quantitative estimate of drug-likeness (QED) is 0.472. The average Bonchev–Trinajstić information content (AvgIpc) is 2.13. The predicted molar refractivity (Wildman–Crippen MR) is 55.1 cm³/mol. The van der Waals surface area contributed by atoms with Crippen LogP contribution in [-0.2, 0) is 4.79 Å². The van der Waals surface area contributed by atoms with Gasteiger partial charge in [-0.25, -0.2) is 0 Å². The molecule has 0 fully saturated rings. The van der Waals surface area contributed by atoms with Crippen LogP contribution in [0.25, 0.3) is 0 Å². The van der Waals surface area contributed by atoms with E-state index in [2.05, 4.69) is 30.4 Å². The summed E-state index contributed by atoms with van der Waals surface area (Å²) in [6.07, 6.45) is 2.88. The highest BCUT2D eigenvalue weighted by Crippen LogP contribution is 1.88. The summed E-state index contributed by atoms with van der Waals surface area (Å²) in [5.74, 6) is -0.169. The highest BCUT2D eigenvalue weighted by molar-refractivity contribution is 5.86. The van der Waals surface area contributed by atoms with Crippen LogP contribution in [0.4, 0.5) is 0 Å². The zero-order valence-electron chi connectivity index (χ0n) is 7.97. The molecule has 0 aromatic carbocycles. The van der Waals surface area contributed by atoms with Gasteiger partial charge in [0.2, 0.25) is 5.91 Å². The first-order chi connectivity index (χ1) is 6.10. The van der Waals surface area contributed by atoms with Gasteiger partial charge in [0.05, 0.1) is 0 Å². The Morgan fingerprint density at radius 3 is 2.54 bits per heavy atom. The smallest absolute Gasteiger partial charge is 0.243 e. The van der Waals surface area contributed by atoms with E-state index in [1.54, 1.807) is 6.08 Å². The van der Waals surface area contributed by atoms with Crippen LogP contribution in [0.1, 0.15) is 6.92 Å². The third kappa shape index (κ3) is 5.73. The zero-order valence-corrected chi connectivity index (χ0v) is 7.97. The van der Waals surface area contributed by atoms with Crippen molar-refractivity contribution >= 4 is 5.91 Å². The van der Waals surface area contributed by atoms with Crippen molar-refractivity contribution in [2.24, 2.45) is 0 Å². The standard InChI is InChI=1S/C10H16N2O/c1-5-8(3)12-9(4)7-11-10(13)6-2/h5-6,9,12H,1-3,7H2,4H3,(H,11,13). The lowest BCUT2D eigenvalue weighted by molar-refractivity contribution is -0.116. The Kier molecular flexibility index (Phi) is 5.35. The van der Waals surface area contributed by atoms with Gasteiger partial charge in [-0.15, -0.1) is 0 Å². The van der Waals surface area contributed by atoms with Crippen LogP contribution in [0.5, 0.6) is 0 Å². The molecule has 3 nitrogen and oxygen atoms in total. The summed E-state index contributed by atoms with van der Waals surface area (Å²) < 4.78 is 0. The molecule has 0 heterocycles. The van der Waals surface area contributed by atoms with Crippen LogP contribution in [-0.4, -0.2) is 18.5 Å². The Morgan fingerprint density at radius 2 is 2.08 bits per heavy atom. The summed E-state index contributed by atoms with van der Waals surface area (Å²) in [5.41, 5.74) is 0.750. The van der Waals surface area contributed by atoms with Gasteiger partial charge in [0.25, 0.3) is 0 Å². The number of carbonyl (C=O) groups is 1. The second kappa shape index (κ2) is 6.06. The molecule has 0 saturated heterocycles. The number of carbonyl (C=O) groups excluding carboxylic acids is 1. The maximum Gasteiger partial charge on any atom is 0.243 e. The first kappa shape index (κ1) is 11.5. The second-order valence-electron chi connectivity index (χ2n) is 2.72. The zero-order chi connectivity index (χ0) is 10.3. The third-order valence-electron chi connectivity index (χ3n) is 1.45. The fourth-order valence-electron chi connectivity index (χ4n) is 0.752. The van der Waals surface area contributed by atoms with Crippen molar-refractivity contribution in [1.82, 2.24) is 10.6 Å². The predicted octanol–water partition coefficient (Wildman–Crippen LogP) is 0.966. The molecule has 1 atom stereocenters. The minimum atomic E-state index is -0.169. The summed E-state index contributed by atoms with van der Waals surface area (Å²) in [6.45, 7) is 13.1. The second-order valence-corrected chi connectivity index (χ2v) is 2.72. The molecule has 0 spiro atoms. The number of nitrogens with one attached hydrogen (secondary N) is 2. The van der Waals surface area contributed by atoms with Crippen LogP contribution in [0.2, 0.25) is 0 Å². The molecule has 13 heavy (non-hydrogen) atoms. The van der Waals surface area contributed by atoms with Gasteiger partial charge in [-0.3, -0.25) is 4.79 Å². The van der Waals surface area contributed by atoms with Gasteiger partial charge in [0.15, 0.2) is 0 Å². The van der Waals surface area contributed by atoms with E-state index in [4.69, 9.17) is 0 Å². The number of rotatable bonds is 6. The van der Waals surface area contributed by atoms with Crippen LogP contribution in [0.15, 0.2) is 37.6 Å². The minimum Gasteiger partial charge on any atom is -0.381 e. The van der Waals surface area contributed by atoms with E-state index in [0.717, 1.165) is 5.70 Å². The monoisotopic (exact) mass is 180 g/mol. The summed E-state index contributed by atoms with van der Waals surface area (Å²) in [7, 11) is 0. The fourth-order valence-corrected chi connectivity index (χ4v) is 0.752. The lowest BCUT2D eigenvalue weighted by Gasteiger charge is -2.14. The molecule has 3 heteroatoms. The maximum atomic E-state index is 10.8. The molecule has 1 unspecified atom stereocenters. The molecule has 0 radical (unpaired) electrons. The van der Waals surface area contributed by atoms with Crippen molar-refractivity contribution in [2.75, 3.05) is 6.54 Å². The Labute approximate surface area is 79.2 Å². The number of hydrogen-bond acceptors (Lipinski definition) is 2. The van der Waals surface area contributed by atoms with Crippen molar-refractivity contribution < 1.29 is 4.79 Å². The third-order valence-corrected chi connectivity index (χ3v) is 1.45. The van der Waals surface area contributed by atoms with Gasteiger partial charge in [-0.2, -0.15) is 0 Å². The highest BCUT2D eigenvalue weighted by atomic mass is 16.1. The van der Waals surface area contributed by atoms with Crippen LogP contribution in [0, 0.1) is 0 Å². The summed E-state index contributed by atoms with van der Waals surface area (Å²) in [6, 6.07) is 0.134. The molecule has 72 valence electrons. The molecule has 0 aliphatic rings. The molecular formula is C10H16N2O. The SMILES string of the molecule is C=CC(=C)NC(C)CNC(=O)C=C. The highest BCUT2D eigenvalue weighted by Gasteiger charge is 2.01. The lowest BCUT2D eigenvalue weighted by atomic mass is 10.3. The van der Waals surface area contributed by atoms with Gasteiger partial charge >= 0.3 is 0 Å². The van der Waals surface area contributed by atoms with Gasteiger partial charge in [0.1, 0.15) is 0 Å². The van der Waals surface area contributed by atoms with Gasteiger partial charge in [0, 0.05) is 18.3 Å². The van der Waals surface area contributed by atoms with Crippen LogP contribution in [0.3, 0.4) is 0 Å². The van der Waals surface area contributed by atoms with Crippen molar-refractivity contribution in [3.63, 3.8) is 0 Å². The number of hydrogen-bond donors (Lipinski definition) is 2. The topological polar surface area (TPSA) is 41.1 Å². The van der Waals surface area contributed by atoms with E-state index in [0.29, 0.717) is 6.54 Å². The van der Waals surface area contributed by atoms with E-state index in [9.17, 15) is 4.79 Å². The molecule has 0 aliphatic heterocycles. The first-order valence-electron chi connectivity index (χ1n) is 4.08. The lowest BCUT2D eigenvalue weighted by Crippen LogP contribution is -2.37. The van der Waals surface area contributed by atoms with Gasteiger partial charge in [-0.05, 0) is 19.1 Å². The Morgan fingerprint density at radius 1 is 1.46 bits per heavy atom. The Balaban J connectivity index is 3.68. The van der Waals surface area contributed by atoms with Gasteiger partial charge < -0.3 is 10.6 Å². The molecule has 2 N–H and O–H groups in total. The van der Waals surface area contributed by atoms with E-state index < -0.39 is 0 Å². The van der Waals surface area contributed by atoms with E-state index >= 15 is 0 Å². The Bertz CT molecular complexity index is 221. The summed E-state index contributed by atoms with van der Waals surface area (Å²) in [5, 5.41) is 5.71. The van der Waals surface area contributed by atoms with Crippen molar-refractivity contribution in [3.8, 4) is 0 Å². The molecule has 0 bridgehead atoms. The normalized spacial score (nSPS) is 11.2. The molecule has 0 rings (SSSR count). The van der Waals surface area contributed by atoms with Crippen LogP contribution < -0.4 is 10.6 Å². The molecule has 0 aromatic heterocycles. The van der Waals surface area contributed by atoms with E-state index in [1.165, 1.54) is 6.08 Å². The Hall–Kier alpha value is -1.51. The number of allylic oxidation sites excluding steroid dienone is 1. The van der Waals surface area contributed by atoms with Crippen LogP contribution >= 0.6 is 0 Å². The molecule has 1 amide bonds. The molecule has 0 aliphatic carbocycles. The first-order valence-corrected chi connectivity index (χ1v) is 4.08. The van der Waals surface area contributed by atoms with Crippen molar-refractivity contribution in [2.45, 2.75) is 13.0 Å². The fraction of sp³-hybridized carbons (Fsp3) is 0.300. The average molecular weight is 180 g/mol.